The van der Waals surface area contributed by atoms with E-state index in [1.165, 1.54) is 98.4 Å². The number of fused-ring (bicyclic) bond motifs is 8. The Morgan fingerprint density at radius 2 is 0.811 bits per heavy atom. The molecule has 0 atom stereocenters. The predicted octanol–water partition coefficient (Wildman–Crippen LogP) is 18.4. The fraction of sp³-hybridized carbons (Fsp3) is 0.304. The fourth-order valence-corrected chi connectivity index (χ4v) is 12.6. The molecule has 0 N–H and O–H groups in total. The molecule has 74 heavy (non-hydrogen) atoms. The molecule has 0 saturated carbocycles. The van der Waals surface area contributed by atoms with Crippen LogP contribution >= 0.6 is 11.3 Å². The Morgan fingerprint density at radius 1 is 0.365 bits per heavy atom. The third kappa shape index (κ3) is 8.54. The number of rotatable bonds is 5. The zero-order valence-electron chi connectivity index (χ0n) is 46.8. The summed E-state index contributed by atoms with van der Waals surface area (Å²) in [5.41, 5.74) is 22.5. The van der Waals surface area contributed by atoms with Gasteiger partial charge in [-0.2, -0.15) is 0 Å². The highest BCUT2D eigenvalue weighted by Gasteiger charge is 2.46. The van der Waals surface area contributed by atoms with Gasteiger partial charge in [-0.3, -0.25) is 0 Å². The molecule has 9 aromatic rings. The predicted molar refractivity (Wildman–Crippen MR) is 326 cm³/mol. The maximum Gasteiger partial charge on any atom is 0.254 e. The largest absolute Gasteiger partial charge is 0.311 e. The van der Waals surface area contributed by atoms with Crippen molar-refractivity contribution in [2.24, 2.45) is 0 Å². The molecule has 0 spiro atoms. The molecule has 5 heteroatoms. The zero-order valence-corrected chi connectivity index (χ0v) is 47.7. The van der Waals surface area contributed by atoms with E-state index in [1.54, 1.807) is 0 Å². The first-order valence-corrected chi connectivity index (χ1v) is 27.7. The maximum absolute atomic E-state index is 2.61. The van der Waals surface area contributed by atoms with Gasteiger partial charge in [0.1, 0.15) is 0 Å². The van der Waals surface area contributed by atoms with Gasteiger partial charge in [0.15, 0.2) is 0 Å². The number of aryl methyl sites for hydroxylation is 1. The van der Waals surface area contributed by atoms with Crippen molar-refractivity contribution < 1.29 is 0 Å². The maximum atomic E-state index is 2.61. The van der Waals surface area contributed by atoms with Gasteiger partial charge in [-0.1, -0.05) is 176 Å². The molecular weight excluding hydrogens is 914 g/mol. The lowest BCUT2D eigenvalue weighted by atomic mass is 9.33. The molecule has 0 amide bonds. The van der Waals surface area contributed by atoms with Crippen molar-refractivity contribution in [1.82, 2.24) is 0 Å². The van der Waals surface area contributed by atoms with Crippen LogP contribution in [0.3, 0.4) is 0 Å². The summed E-state index contributed by atoms with van der Waals surface area (Å²) in [6, 6.07) is 61.6. The molecular formula is C69H74BN3S. The van der Waals surface area contributed by atoms with Crippen LogP contribution in [0.5, 0.6) is 0 Å². The summed E-state index contributed by atoms with van der Waals surface area (Å²) in [6.07, 6.45) is 0. The molecule has 0 bridgehead atoms. The minimum Gasteiger partial charge on any atom is -0.311 e. The van der Waals surface area contributed by atoms with Crippen LogP contribution in [0.1, 0.15) is 137 Å². The molecule has 0 fully saturated rings. The summed E-state index contributed by atoms with van der Waals surface area (Å²) in [6.45, 7) is 36.9. The zero-order chi connectivity index (χ0) is 52.6. The standard InChI is InChI=1S/C69H74BN3S/c1-43-17-26-49(27-18-43)71(50-28-19-44(20-29-50)65(2,3)4)53-34-36-56-58(42-53)73(52-32-23-46(24-33-52)67(8,9)10)60-41-48(69(14,15)16)40-59-62(60)70(56)63-57(72(59)51-30-21-45(22-31-51)66(5,6)7)37-35-54-55-39-47(68(11,12)13)25-38-61(55)74-64(54)63/h17-42H,1-16H3. The summed E-state index contributed by atoms with van der Waals surface area (Å²) >= 11 is 1.96. The van der Waals surface area contributed by atoms with E-state index in [4.69, 9.17) is 0 Å². The van der Waals surface area contributed by atoms with Crippen LogP contribution < -0.4 is 31.1 Å². The fourth-order valence-electron chi connectivity index (χ4n) is 11.4. The third-order valence-electron chi connectivity index (χ3n) is 15.9. The second kappa shape index (κ2) is 17.2. The van der Waals surface area contributed by atoms with Gasteiger partial charge in [0.2, 0.25) is 0 Å². The molecule has 2 aliphatic heterocycles. The van der Waals surface area contributed by atoms with E-state index in [2.05, 4.69) is 283 Å². The van der Waals surface area contributed by atoms with Crippen LogP contribution in [0.25, 0.3) is 20.2 Å². The average Bonchev–Trinajstić information content (AvgIpc) is 3.76. The van der Waals surface area contributed by atoms with Crippen LogP contribution in [-0.2, 0) is 27.1 Å². The normalized spacial score (nSPS) is 13.9. The summed E-state index contributed by atoms with van der Waals surface area (Å²) in [4.78, 5) is 7.67. The Bertz CT molecular complexity index is 3620. The Labute approximate surface area is 447 Å². The van der Waals surface area contributed by atoms with Crippen molar-refractivity contribution in [3.8, 4) is 0 Å². The molecule has 11 rings (SSSR count). The summed E-state index contributed by atoms with van der Waals surface area (Å²) in [5.74, 6) is 0. The van der Waals surface area contributed by atoms with E-state index in [0.717, 1.165) is 22.7 Å². The third-order valence-corrected chi connectivity index (χ3v) is 17.1. The smallest absolute Gasteiger partial charge is 0.254 e. The number of thiophene rings is 1. The van der Waals surface area contributed by atoms with E-state index < -0.39 is 0 Å². The quantitative estimate of drug-likeness (QED) is 0.159. The summed E-state index contributed by atoms with van der Waals surface area (Å²) in [7, 11) is 0. The first kappa shape index (κ1) is 49.6. The first-order valence-electron chi connectivity index (χ1n) is 26.9. The Balaban J connectivity index is 1.25. The minimum atomic E-state index is -0.144. The van der Waals surface area contributed by atoms with Gasteiger partial charge in [0.25, 0.3) is 6.71 Å². The second-order valence-corrected chi connectivity index (χ2v) is 27.6. The van der Waals surface area contributed by atoms with Gasteiger partial charge in [0, 0.05) is 66.0 Å². The number of anilines is 9. The molecule has 1 aromatic heterocycles. The highest BCUT2D eigenvalue weighted by molar-refractivity contribution is 7.28. The lowest BCUT2D eigenvalue weighted by Crippen LogP contribution is -2.61. The van der Waals surface area contributed by atoms with E-state index in [1.807, 2.05) is 11.3 Å². The topological polar surface area (TPSA) is 9.72 Å². The van der Waals surface area contributed by atoms with Gasteiger partial charge in [-0.15, -0.1) is 11.3 Å². The monoisotopic (exact) mass is 988 g/mol. The highest BCUT2D eigenvalue weighted by Crippen LogP contribution is 2.50. The van der Waals surface area contributed by atoms with Gasteiger partial charge in [-0.25, -0.2) is 0 Å². The lowest BCUT2D eigenvalue weighted by Gasteiger charge is -2.45. The number of hydrogen-bond donors (Lipinski definition) is 0. The van der Waals surface area contributed by atoms with Crippen molar-refractivity contribution in [3.63, 3.8) is 0 Å². The van der Waals surface area contributed by atoms with Crippen molar-refractivity contribution in [1.29, 1.82) is 0 Å². The molecule has 3 heterocycles. The second-order valence-electron chi connectivity index (χ2n) is 26.5. The molecule has 8 aromatic carbocycles. The van der Waals surface area contributed by atoms with Crippen LogP contribution in [0.4, 0.5) is 51.2 Å². The number of benzene rings is 8. The Hall–Kier alpha value is -6.56. The van der Waals surface area contributed by atoms with Crippen LogP contribution in [0.2, 0.25) is 0 Å². The van der Waals surface area contributed by atoms with Crippen molar-refractivity contribution in [2.75, 3.05) is 14.7 Å². The molecule has 0 unspecified atom stereocenters. The van der Waals surface area contributed by atoms with E-state index >= 15 is 0 Å². The number of nitrogens with zero attached hydrogens (tertiary/aromatic N) is 3. The molecule has 0 aliphatic carbocycles. The lowest BCUT2D eigenvalue weighted by molar-refractivity contribution is 0.589. The van der Waals surface area contributed by atoms with Crippen LogP contribution in [0.15, 0.2) is 158 Å². The van der Waals surface area contributed by atoms with Crippen molar-refractivity contribution in [3.05, 3.63) is 191 Å². The molecule has 0 saturated heterocycles. The van der Waals surface area contributed by atoms with E-state index in [0.29, 0.717) is 0 Å². The van der Waals surface area contributed by atoms with Crippen molar-refractivity contribution in [2.45, 2.75) is 138 Å². The highest BCUT2D eigenvalue weighted by atomic mass is 32.1. The average molecular weight is 988 g/mol. The Morgan fingerprint density at radius 3 is 1.31 bits per heavy atom. The van der Waals surface area contributed by atoms with Crippen LogP contribution in [-0.4, -0.2) is 6.71 Å². The summed E-state index contributed by atoms with van der Waals surface area (Å²) < 4.78 is 2.69. The molecule has 0 radical (unpaired) electrons. The molecule has 2 aliphatic rings. The molecule has 374 valence electrons. The van der Waals surface area contributed by atoms with Crippen LogP contribution in [0, 0.1) is 6.92 Å². The van der Waals surface area contributed by atoms with Gasteiger partial charge >= 0.3 is 0 Å². The van der Waals surface area contributed by atoms with E-state index in [9.17, 15) is 0 Å². The molecule has 3 nitrogen and oxygen atoms in total. The SMILES string of the molecule is Cc1ccc(N(c2ccc(C(C)(C)C)cc2)c2ccc3c(c2)N(c2ccc(C(C)(C)C)cc2)c2cc(C(C)(C)C)cc4c2B3c2c(ccc3c2sc2ccc(C(C)(C)C)cc23)N4c2ccc(C(C)(C)C)cc2)cc1. The van der Waals surface area contributed by atoms with Gasteiger partial charge in [0.05, 0.1) is 0 Å². The van der Waals surface area contributed by atoms with E-state index in [-0.39, 0.29) is 33.8 Å². The Kier molecular flexibility index (Phi) is 11.6. The van der Waals surface area contributed by atoms with Gasteiger partial charge in [-0.05, 0) is 175 Å². The van der Waals surface area contributed by atoms with Gasteiger partial charge < -0.3 is 14.7 Å². The number of hydrogen-bond acceptors (Lipinski definition) is 4. The summed E-state index contributed by atoms with van der Waals surface area (Å²) in [5, 5.41) is 2.67. The van der Waals surface area contributed by atoms with Crippen molar-refractivity contribution >= 4 is 106 Å². The minimum absolute atomic E-state index is 0.00894. The first-order chi connectivity index (χ1) is 34.8.